The van der Waals surface area contributed by atoms with E-state index in [1.54, 1.807) is 0 Å². The third-order valence-corrected chi connectivity index (χ3v) is 6.78. The molecule has 0 radical (unpaired) electrons. The minimum absolute atomic E-state index is 0.0883. The first-order valence-electron chi connectivity index (χ1n) is 6.62. The van der Waals surface area contributed by atoms with E-state index in [1.807, 2.05) is 6.92 Å². The topological polar surface area (TPSA) is 89.3 Å². The maximum atomic E-state index is 12.2. The third-order valence-electron chi connectivity index (χ3n) is 4.50. The third kappa shape index (κ3) is 2.40. The summed E-state index contributed by atoms with van der Waals surface area (Å²) in [6, 6.07) is -0.113. The van der Waals surface area contributed by atoms with Gasteiger partial charge in [-0.05, 0) is 32.6 Å². The van der Waals surface area contributed by atoms with Gasteiger partial charge in [0.25, 0.3) is 0 Å². The smallest absolute Gasteiger partial charge is 0.227 e. The summed E-state index contributed by atoms with van der Waals surface area (Å²) in [5.41, 5.74) is 5.45. The number of nitrogens with two attached hydrogens (primary N) is 1. The number of carbonyl (C=O) groups is 1. The molecule has 0 spiro atoms. The lowest BCUT2D eigenvalue weighted by Gasteiger charge is -2.28. The first-order valence-corrected chi connectivity index (χ1v) is 8.33. The Balaban J connectivity index is 1.93. The Hall–Kier alpha value is -0.620. The number of hydrogen-bond donors (Lipinski definition) is 2. The van der Waals surface area contributed by atoms with Crippen molar-refractivity contribution < 1.29 is 13.2 Å². The van der Waals surface area contributed by atoms with Crippen LogP contribution < -0.4 is 11.1 Å². The molecule has 2 fully saturated rings. The van der Waals surface area contributed by atoms with Gasteiger partial charge in [-0.2, -0.15) is 0 Å². The van der Waals surface area contributed by atoms with Crippen LogP contribution in [0.5, 0.6) is 0 Å². The highest BCUT2D eigenvalue weighted by Gasteiger charge is 2.43. The van der Waals surface area contributed by atoms with Gasteiger partial charge < -0.3 is 11.1 Å². The maximum Gasteiger partial charge on any atom is 0.227 e. The Morgan fingerprint density at radius 1 is 1.39 bits per heavy atom. The van der Waals surface area contributed by atoms with E-state index in [9.17, 15) is 13.2 Å². The van der Waals surface area contributed by atoms with Crippen molar-refractivity contribution in [3.8, 4) is 0 Å². The Bertz CT molecular complexity index is 435. The summed E-state index contributed by atoms with van der Waals surface area (Å²) in [4.78, 5) is 12.2. The molecule has 0 aromatic rings. The molecule has 0 aromatic heterocycles. The van der Waals surface area contributed by atoms with Crippen LogP contribution in [-0.4, -0.2) is 37.9 Å². The number of rotatable bonds is 3. The minimum atomic E-state index is -2.99. The van der Waals surface area contributed by atoms with Gasteiger partial charge in [-0.25, -0.2) is 8.42 Å². The number of hydrogen-bond acceptors (Lipinski definition) is 4. The zero-order valence-electron chi connectivity index (χ0n) is 10.8. The normalized spacial score (nSPS) is 38.8. The SMILES string of the molecule is CC1(C(=O)NCC2CCCS2(=O)=O)CCCC1N. The van der Waals surface area contributed by atoms with E-state index in [2.05, 4.69) is 5.32 Å². The summed E-state index contributed by atoms with van der Waals surface area (Å²) in [7, 11) is -2.99. The highest BCUT2D eigenvalue weighted by molar-refractivity contribution is 7.92. The summed E-state index contributed by atoms with van der Waals surface area (Å²) in [6.45, 7) is 2.12. The predicted molar refractivity (Wildman–Crippen MR) is 69.8 cm³/mol. The fraction of sp³-hybridized carbons (Fsp3) is 0.917. The number of amides is 1. The second-order valence-electron chi connectivity index (χ2n) is 5.76. The average Bonchev–Trinajstić information content (AvgIpc) is 2.80. The lowest BCUT2D eigenvalue weighted by Crippen LogP contribution is -2.49. The molecule has 2 rings (SSSR count). The zero-order chi connectivity index (χ0) is 13.4. The Labute approximate surface area is 108 Å². The molecule has 3 N–H and O–H groups in total. The minimum Gasteiger partial charge on any atom is -0.354 e. The second-order valence-corrected chi connectivity index (χ2v) is 8.16. The summed E-state index contributed by atoms with van der Waals surface area (Å²) in [6.07, 6.45) is 3.99. The molecule has 5 nitrogen and oxygen atoms in total. The second kappa shape index (κ2) is 4.81. The molecule has 3 atom stereocenters. The van der Waals surface area contributed by atoms with E-state index >= 15 is 0 Å². The molecule has 6 heteroatoms. The average molecular weight is 274 g/mol. The molecule has 0 bridgehead atoms. The molecule has 1 heterocycles. The highest BCUT2D eigenvalue weighted by atomic mass is 32.2. The molecular weight excluding hydrogens is 252 g/mol. The van der Waals surface area contributed by atoms with Crippen molar-refractivity contribution in [1.29, 1.82) is 0 Å². The van der Waals surface area contributed by atoms with Crippen LogP contribution in [0.2, 0.25) is 0 Å². The lowest BCUT2D eigenvalue weighted by molar-refractivity contribution is -0.130. The maximum absolute atomic E-state index is 12.2. The van der Waals surface area contributed by atoms with Crippen LogP contribution in [0.4, 0.5) is 0 Å². The van der Waals surface area contributed by atoms with Gasteiger partial charge in [-0.1, -0.05) is 6.42 Å². The van der Waals surface area contributed by atoms with Crippen molar-refractivity contribution >= 4 is 15.7 Å². The summed E-state index contributed by atoms with van der Waals surface area (Å²) >= 11 is 0. The molecule has 1 saturated carbocycles. The van der Waals surface area contributed by atoms with Gasteiger partial charge >= 0.3 is 0 Å². The van der Waals surface area contributed by atoms with Crippen molar-refractivity contribution in [3.63, 3.8) is 0 Å². The lowest BCUT2D eigenvalue weighted by atomic mass is 9.84. The van der Waals surface area contributed by atoms with E-state index in [-0.39, 0.29) is 24.2 Å². The molecule has 1 aliphatic carbocycles. The van der Waals surface area contributed by atoms with Crippen LogP contribution in [0.25, 0.3) is 0 Å². The summed E-state index contributed by atoms with van der Waals surface area (Å²) in [5.74, 6) is 0.166. The van der Waals surface area contributed by atoms with Crippen molar-refractivity contribution in [2.75, 3.05) is 12.3 Å². The van der Waals surface area contributed by atoms with Crippen LogP contribution in [0.15, 0.2) is 0 Å². The van der Waals surface area contributed by atoms with Gasteiger partial charge in [-0.15, -0.1) is 0 Å². The number of nitrogens with one attached hydrogen (secondary N) is 1. The van der Waals surface area contributed by atoms with Crippen LogP contribution in [0.1, 0.15) is 39.0 Å². The first kappa shape index (κ1) is 13.8. The number of carbonyl (C=O) groups excluding carboxylic acids is 1. The molecule has 1 aliphatic heterocycles. The van der Waals surface area contributed by atoms with Crippen molar-refractivity contribution in [3.05, 3.63) is 0 Å². The first-order chi connectivity index (χ1) is 8.36. The van der Waals surface area contributed by atoms with Crippen molar-refractivity contribution in [2.24, 2.45) is 11.1 Å². The Morgan fingerprint density at radius 3 is 2.61 bits per heavy atom. The molecule has 2 aliphatic rings. The number of sulfone groups is 1. The van der Waals surface area contributed by atoms with Crippen LogP contribution in [0.3, 0.4) is 0 Å². The standard InChI is InChI=1S/C12H22N2O3S/c1-12(6-2-5-10(12)13)11(15)14-8-9-4-3-7-18(9,16)17/h9-10H,2-8,13H2,1H3,(H,14,15). The molecule has 1 amide bonds. The fourth-order valence-electron chi connectivity index (χ4n) is 2.97. The molecular formula is C12H22N2O3S. The Morgan fingerprint density at radius 2 is 2.11 bits per heavy atom. The molecule has 0 aromatic carbocycles. The Kier molecular flexibility index (Phi) is 3.69. The van der Waals surface area contributed by atoms with Gasteiger partial charge in [0.05, 0.1) is 16.4 Å². The van der Waals surface area contributed by atoms with E-state index in [4.69, 9.17) is 5.73 Å². The van der Waals surface area contributed by atoms with E-state index in [1.165, 1.54) is 0 Å². The quantitative estimate of drug-likeness (QED) is 0.769. The largest absolute Gasteiger partial charge is 0.354 e. The fourth-order valence-corrected chi connectivity index (χ4v) is 4.74. The monoisotopic (exact) mass is 274 g/mol. The van der Waals surface area contributed by atoms with Gasteiger partial charge in [-0.3, -0.25) is 4.79 Å². The van der Waals surface area contributed by atoms with Gasteiger partial charge in [0.15, 0.2) is 9.84 Å². The molecule has 104 valence electrons. The van der Waals surface area contributed by atoms with Gasteiger partial charge in [0, 0.05) is 12.6 Å². The van der Waals surface area contributed by atoms with Crippen LogP contribution in [0, 0.1) is 5.41 Å². The van der Waals surface area contributed by atoms with Gasteiger partial charge in [0.1, 0.15) is 0 Å². The highest BCUT2D eigenvalue weighted by Crippen LogP contribution is 2.36. The van der Waals surface area contributed by atoms with E-state index < -0.39 is 20.5 Å². The predicted octanol–water partition coefficient (Wildman–Crippen LogP) is 0.197. The molecule has 18 heavy (non-hydrogen) atoms. The van der Waals surface area contributed by atoms with E-state index in [0.29, 0.717) is 12.8 Å². The zero-order valence-corrected chi connectivity index (χ0v) is 11.6. The van der Waals surface area contributed by atoms with Crippen LogP contribution in [-0.2, 0) is 14.6 Å². The van der Waals surface area contributed by atoms with E-state index in [0.717, 1.165) is 19.3 Å². The van der Waals surface area contributed by atoms with Crippen molar-refractivity contribution in [1.82, 2.24) is 5.32 Å². The van der Waals surface area contributed by atoms with Crippen LogP contribution >= 0.6 is 0 Å². The molecule has 1 saturated heterocycles. The van der Waals surface area contributed by atoms with Gasteiger partial charge in [0.2, 0.25) is 5.91 Å². The molecule has 3 unspecified atom stereocenters. The summed E-state index contributed by atoms with van der Waals surface area (Å²) < 4.78 is 23.3. The van der Waals surface area contributed by atoms with Crippen molar-refractivity contribution in [2.45, 2.75) is 50.3 Å². The summed E-state index contributed by atoms with van der Waals surface area (Å²) in [5, 5.41) is 2.39.